The maximum absolute atomic E-state index is 2.50. The lowest BCUT2D eigenvalue weighted by molar-refractivity contribution is 0.592. The Balaban J connectivity index is 2.49. The average molecular weight is 217 g/mol. The largest absolute Gasteiger partial charge is 0.0654 e. The van der Waals surface area contributed by atoms with Gasteiger partial charge < -0.3 is 0 Å². The molecule has 1 atom stereocenters. The Labute approximate surface area is 101 Å². The third-order valence-corrected chi connectivity index (χ3v) is 3.09. The second-order valence-electron chi connectivity index (χ2n) is 4.54. The molecule has 1 aromatic rings. The summed E-state index contributed by atoms with van der Waals surface area (Å²) in [6.07, 6.45) is 10.4. The topological polar surface area (TPSA) is 0 Å². The molecule has 16 heavy (non-hydrogen) atoms. The summed E-state index contributed by atoms with van der Waals surface area (Å²) in [5.41, 5.74) is 1.49. The van der Waals surface area contributed by atoms with Gasteiger partial charge >= 0.3 is 0 Å². The van der Waals surface area contributed by atoms with E-state index in [1.165, 1.54) is 44.1 Å². The van der Waals surface area contributed by atoms with Gasteiger partial charge in [-0.1, -0.05) is 69.9 Å². The van der Waals surface area contributed by atoms with Gasteiger partial charge in [-0.15, -0.1) is 0 Å². The lowest BCUT2D eigenvalue weighted by Gasteiger charge is -2.16. The molecule has 1 radical (unpaired) electrons. The Morgan fingerprint density at radius 1 is 1.00 bits per heavy atom. The van der Waals surface area contributed by atoms with Gasteiger partial charge in [-0.25, -0.2) is 0 Å². The van der Waals surface area contributed by atoms with Crippen molar-refractivity contribution in [1.29, 1.82) is 0 Å². The number of hydrogen-bond acceptors (Lipinski definition) is 0. The van der Waals surface area contributed by atoms with Gasteiger partial charge in [0.05, 0.1) is 0 Å². The molecule has 0 saturated heterocycles. The molecular formula is C16H25. The Morgan fingerprint density at radius 3 is 2.38 bits per heavy atom. The number of benzene rings is 1. The van der Waals surface area contributed by atoms with Crippen LogP contribution in [0.25, 0.3) is 0 Å². The van der Waals surface area contributed by atoms with Gasteiger partial charge in [0.15, 0.2) is 0 Å². The van der Waals surface area contributed by atoms with Gasteiger partial charge in [0.25, 0.3) is 0 Å². The molecule has 0 aliphatic carbocycles. The van der Waals surface area contributed by atoms with Crippen molar-refractivity contribution in [2.24, 2.45) is 0 Å². The summed E-state index contributed by atoms with van der Waals surface area (Å²) in [5.74, 6) is 0.674. The molecule has 1 rings (SSSR count). The van der Waals surface area contributed by atoms with Crippen LogP contribution < -0.4 is 0 Å². The molecule has 0 N–H and O–H groups in total. The van der Waals surface area contributed by atoms with Crippen LogP contribution in [0, 0.1) is 6.42 Å². The molecule has 0 spiro atoms. The van der Waals surface area contributed by atoms with Crippen LogP contribution in [0.2, 0.25) is 0 Å². The zero-order valence-electron chi connectivity index (χ0n) is 10.8. The first kappa shape index (κ1) is 13.3. The van der Waals surface area contributed by atoms with Crippen molar-refractivity contribution in [3.63, 3.8) is 0 Å². The predicted octanol–water partition coefficient (Wildman–Crippen LogP) is 5.35. The van der Waals surface area contributed by atoms with Crippen molar-refractivity contribution in [2.75, 3.05) is 0 Å². The molecule has 0 aromatic heterocycles. The molecule has 1 aromatic carbocycles. The van der Waals surface area contributed by atoms with Crippen molar-refractivity contribution < 1.29 is 0 Å². The van der Waals surface area contributed by atoms with E-state index in [4.69, 9.17) is 0 Å². The molecular weight excluding hydrogens is 192 g/mol. The van der Waals surface area contributed by atoms with E-state index in [-0.39, 0.29) is 0 Å². The molecule has 1 unspecified atom stereocenters. The summed E-state index contributed by atoms with van der Waals surface area (Å²) in [6.45, 7) is 4.53. The van der Waals surface area contributed by atoms with Crippen molar-refractivity contribution in [3.05, 3.63) is 42.3 Å². The third kappa shape index (κ3) is 4.83. The van der Waals surface area contributed by atoms with Crippen LogP contribution in [0.3, 0.4) is 0 Å². The van der Waals surface area contributed by atoms with Crippen molar-refractivity contribution in [3.8, 4) is 0 Å². The Kier molecular flexibility index (Phi) is 6.96. The Bertz CT molecular complexity index is 250. The first-order chi connectivity index (χ1) is 7.88. The second-order valence-corrected chi connectivity index (χ2v) is 4.54. The molecule has 0 aliphatic rings. The molecule has 0 bridgehead atoms. The van der Waals surface area contributed by atoms with Gasteiger partial charge in [-0.2, -0.15) is 0 Å². The Hall–Kier alpha value is -0.780. The molecule has 89 valence electrons. The third-order valence-electron chi connectivity index (χ3n) is 3.09. The zero-order valence-corrected chi connectivity index (χ0v) is 10.8. The number of hydrogen-bond donors (Lipinski definition) is 0. The van der Waals surface area contributed by atoms with Gasteiger partial charge in [0.1, 0.15) is 0 Å². The van der Waals surface area contributed by atoms with Gasteiger partial charge in [0.2, 0.25) is 0 Å². The fraction of sp³-hybridized carbons (Fsp3) is 0.562. The Morgan fingerprint density at radius 2 is 1.75 bits per heavy atom. The predicted molar refractivity (Wildman–Crippen MR) is 72.5 cm³/mol. The smallest absolute Gasteiger partial charge is 0.0131 e. The van der Waals surface area contributed by atoms with Gasteiger partial charge in [0, 0.05) is 0 Å². The SMILES string of the molecule is CCC[CH]C(CCCCC)c1ccccc1. The summed E-state index contributed by atoms with van der Waals surface area (Å²) in [4.78, 5) is 0. The summed E-state index contributed by atoms with van der Waals surface area (Å²) < 4.78 is 0. The zero-order chi connectivity index (χ0) is 11.6. The second kappa shape index (κ2) is 8.38. The van der Waals surface area contributed by atoms with E-state index >= 15 is 0 Å². The lowest BCUT2D eigenvalue weighted by Crippen LogP contribution is -2.00. The van der Waals surface area contributed by atoms with Crippen molar-refractivity contribution >= 4 is 0 Å². The normalized spacial score (nSPS) is 12.6. The highest BCUT2D eigenvalue weighted by Gasteiger charge is 2.10. The van der Waals surface area contributed by atoms with E-state index in [0.29, 0.717) is 5.92 Å². The van der Waals surface area contributed by atoms with Crippen LogP contribution in [-0.4, -0.2) is 0 Å². The summed E-state index contributed by atoms with van der Waals surface area (Å²) in [5, 5.41) is 0. The highest BCUT2D eigenvalue weighted by atomic mass is 14.1. The molecule has 0 aliphatic heterocycles. The molecule has 0 heterocycles. The molecule has 0 saturated carbocycles. The van der Waals surface area contributed by atoms with Crippen LogP contribution in [0.5, 0.6) is 0 Å². The number of unbranched alkanes of at least 4 members (excludes halogenated alkanes) is 3. The first-order valence-electron chi connectivity index (χ1n) is 6.76. The van der Waals surface area contributed by atoms with Crippen LogP contribution >= 0.6 is 0 Å². The molecule has 0 fully saturated rings. The lowest BCUT2D eigenvalue weighted by atomic mass is 9.89. The van der Waals surface area contributed by atoms with E-state index in [9.17, 15) is 0 Å². The summed E-state index contributed by atoms with van der Waals surface area (Å²) in [7, 11) is 0. The maximum atomic E-state index is 2.50. The molecule has 0 nitrogen and oxygen atoms in total. The van der Waals surface area contributed by atoms with E-state index < -0.39 is 0 Å². The fourth-order valence-corrected chi connectivity index (χ4v) is 2.10. The van der Waals surface area contributed by atoms with Crippen LogP contribution in [0.15, 0.2) is 30.3 Å². The standard InChI is InChI=1S/C16H25/c1-3-5-8-12-15(11-6-4-2)16-13-9-7-10-14-16/h7,9-11,13-15H,3-6,8,12H2,1-2H3. The maximum Gasteiger partial charge on any atom is -0.0131 e. The van der Waals surface area contributed by atoms with Gasteiger partial charge in [-0.05, 0) is 30.7 Å². The fourth-order valence-electron chi connectivity index (χ4n) is 2.10. The minimum Gasteiger partial charge on any atom is -0.0654 e. The van der Waals surface area contributed by atoms with E-state index in [0.717, 1.165) is 0 Å². The number of rotatable bonds is 8. The van der Waals surface area contributed by atoms with Crippen LogP contribution in [0.4, 0.5) is 0 Å². The molecule has 0 heteroatoms. The van der Waals surface area contributed by atoms with Crippen LogP contribution in [-0.2, 0) is 0 Å². The highest BCUT2D eigenvalue weighted by Crippen LogP contribution is 2.26. The van der Waals surface area contributed by atoms with E-state index in [2.05, 4.69) is 50.6 Å². The van der Waals surface area contributed by atoms with Crippen LogP contribution in [0.1, 0.15) is 63.9 Å². The van der Waals surface area contributed by atoms with Gasteiger partial charge in [-0.3, -0.25) is 0 Å². The minimum absolute atomic E-state index is 0.674. The minimum atomic E-state index is 0.674. The average Bonchev–Trinajstić information content (AvgIpc) is 2.35. The summed E-state index contributed by atoms with van der Waals surface area (Å²) >= 11 is 0. The monoisotopic (exact) mass is 217 g/mol. The van der Waals surface area contributed by atoms with Crippen molar-refractivity contribution in [1.82, 2.24) is 0 Å². The van der Waals surface area contributed by atoms with Crippen molar-refractivity contribution in [2.45, 2.75) is 58.3 Å². The quantitative estimate of drug-likeness (QED) is 0.514. The highest BCUT2D eigenvalue weighted by molar-refractivity contribution is 5.22. The molecule has 0 amide bonds. The summed E-state index contributed by atoms with van der Waals surface area (Å²) in [6, 6.07) is 10.9. The van der Waals surface area contributed by atoms with E-state index in [1.54, 1.807) is 0 Å². The first-order valence-corrected chi connectivity index (χ1v) is 6.76. The van der Waals surface area contributed by atoms with E-state index in [1.807, 2.05) is 0 Å².